The van der Waals surface area contributed by atoms with Gasteiger partial charge in [-0.25, -0.2) is 0 Å². The molecule has 0 heterocycles. The minimum atomic E-state index is 0.943. The second kappa shape index (κ2) is 4.62. The van der Waals surface area contributed by atoms with Gasteiger partial charge in [-0.05, 0) is 62.1 Å². The van der Waals surface area contributed by atoms with Gasteiger partial charge in [0.05, 0.1) is 0 Å². The van der Waals surface area contributed by atoms with Crippen molar-refractivity contribution in [1.29, 1.82) is 0 Å². The highest BCUT2D eigenvalue weighted by atomic mass is 16.5. The molecule has 88 valence electrons. The van der Waals surface area contributed by atoms with Crippen molar-refractivity contribution in [2.75, 3.05) is 0 Å². The third-order valence-corrected chi connectivity index (χ3v) is 2.91. The van der Waals surface area contributed by atoms with Crippen LogP contribution in [0.5, 0.6) is 11.5 Å². The normalized spacial score (nSPS) is 10.4. The van der Waals surface area contributed by atoms with E-state index in [1.165, 1.54) is 11.1 Å². The van der Waals surface area contributed by atoms with Crippen LogP contribution >= 0.6 is 0 Å². The first-order valence-electron chi connectivity index (χ1n) is 5.88. The van der Waals surface area contributed by atoms with E-state index in [1.807, 2.05) is 0 Å². The molecule has 0 fully saturated rings. The Balaban J connectivity index is 2.37. The average molecular weight is 226 g/mol. The molecule has 0 spiro atoms. The Morgan fingerprint density at radius 2 is 1.06 bits per heavy atom. The molecule has 2 rings (SSSR count). The predicted molar refractivity (Wildman–Crippen MR) is 71.9 cm³/mol. The van der Waals surface area contributed by atoms with Crippen LogP contribution in [0.1, 0.15) is 22.3 Å². The van der Waals surface area contributed by atoms with Crippen molar-refractivity contribution in [3.05, 3.63) is 58.7 Å². The van der Waals surface area contributed by atoms with E-state index in [0.29, 0.717) is 0 Å². The molecule has 0 aliphatic heterocycles. The number of hydrogen-bond donors (Lipinski definition) is 0. The highest BCUT2D eigenvalue weighted by molar-refractivity contribution is 5.43. The second-order valence-electron chi connectivity index (χ2n) is 4.64. The first-order chi connectivity index (χ1) is 8.06. The number of aryl methyl sites for hydroxylation is 4. The summed E-state index contributed by atoms with van der Waals surface area (Å²) in [7, 11) is 0. The van der Waals surface area contributed by atoms with Gasteiger partial charge in [-0.2, -0.15) is 0 Å². The Kier molecular flexibility index (Phi) is 3.19. The Bertz CT molecular complexity index is 492. The smallest absolute Gasteiger partial charge is 0.130 e. The van der Waals surface area contributed by atoms with Gasteiger partial charge in [0, 0.05) is 0 Å². The lowest BCUT2D eigenvalue weighted by molar-refractivity contribution is 0.474. The fraction of sp³-hybridized carbons (Fsp3) is 0.250. The van der Waals surface area contributed by atoms with Crippen LogP contribution in [0.2, 0.25) is 0 Å². The van der Waals surface area contributed by atoms with Gasteiger partial charge in [-0.1, -0.05) is 24.3 Å². The van der Waals surface area contributed by atoms with Crippen molar-refractivity contribution in [1.82, 2.24) is 0 Å². The molecule has 17 heavy (non-hydrogen) atoms. The van der Waals surface area contributed by atoms with Crippen LogP contribution in [-0.4, -0.2) is 0 Å². The molecule has 0 saturated heterocycles. The SMILES string of the molecule is Cc1ccc(C)c(Oc2cc(C)ccc2C)c1. The fourth-order valence-corrected chi connectivity index (χ4v) is 1.75. The van der Waals surface area contributed by atoms with Crippen molar-refractivity contribution in [2.45, 2.75) is 27.7 Å². The van der Waals surface area contributed by atoms with Gasteiger partial charge in [-0.15, -0.1) is 0 Å². The van der Waals surface area contributed by atoms with Crippen molar-refractivity contribution < 1.29 is 4.74 Å². The molecule has 0 saturated carbocycles. The summed E-state index contributed by atoms with van der Waals surface area (Å²) in [4.78, 5) is 0. The Labute approximate surface area is 103 Å². The van der Waals surface area contributed by atoms with E-state index in [1.54, 1.807) is 0 Å². The van der Waals surface area contributed by atoms with Gasteiger partial charge in [0.15, 0.2) is 0 Å². The molecular weight excluding hydrogens is 208 g/mol. The largest absolute Gasteiger partial charge is 0.457 e. The zero-order valence-corrected chi connectivity index (χ0v) is 10.9. The summed E-state index contributed by atoms with van der Waals surface area (Å²) >= 11 is 0. The zero-order valence-electron chi connectivity index (χ0n) is 10.9. The topological polar surface area (TPSA) is 9.23 Å². The molecule has 1 heteroatoms. The third-order valence-electron chi connectivity index (χ3n) is 2.91. The lowest BCUT2D eigenvalue weighted by atomic mass is 10.1. The van der Waals surface area contributed by atoms with E-state index < -0.39 is 0 Å². The number of rotatable bonds is 2. The van der Waals surface area contributed by atoms with Gasteiger partial charge in [0.25, 0.3) is 0 Å². The maximum absolute atomic E-state index is 6.00. The Morgan fingerprint density at radius 1 is 0.647 bits per heavy atom. The maximum Gasteiger partial charge on any atom is 0.130 e. The summed E-state index contributed by atoms with van der Waals surface area (Å²) < 4.78 is 6.00. The van der Waals surface area contributed by atoms with E-state index in [-0.39, 0.29) is 0 Å². The molecule has 0 amide bonds. The monoisotopic (exact) mass is 226 g/mol. The van der Waals surface area contributed by atoms with Crippen LogP contribution in [0.25, 0.3) is 0 Å². The van der Waals surface area contributed by atoms with Crippen LogP contribution in [-0.2, 0) is 0 Å². The number of hydrogen-bond acceptors (Lipinski definition) is 1. The minimum absolute atomic E-state index is 0.943. The third kappa shape index (κ3) is 2.68. The molecule has 2 aromatic carbocycles. The van der Waals surface area contributed by atoms with Gasteiger partial charge in [-0.3, -0.25) is 0 Å². The second-order valence-corrected chi connectivity index (χ2v) is 4.64. The Hall–Kier alpha value is -1.76. The van der Waals surface area contributed by atoms with Crippen LogP contribution < -0.4 is 4.74 Å². The van der Waals surface area contributed by atoms with Crippen LogP contribution in [0.4, 0.5) is 0 Å². The minimum Gasteiger partial charge on any atom is -0.457 e. The van der Waals surface area contributed by atoms with Gasteiger partial charge < -0.3 is 4.74 Å². The van der Waals surface area contributed by atoms with Gasteiger partial charge in [0.2, 0.25) is 0 Å². The van der Waals surface area contributed by atoms with Crippen LogP contribution in [0.15, 0.2) is 36.4 Å². The van der Waals surface area contributed by atoms with E-state index >= 15 is 0 Å². The lowest BCUT2D eigenvalue weighted by Crippen LogP contribution is -1.91. The maximum atomic E-state index is 6.00. The first kappa shape index (κ1) is 11.7. The fourth-order valence-electron chi connectivity index (χ4n) is 1.75. The standard InChI is InChI=1S/C16H18O/c1-11-5-7-13(3)15(9-11)17-16-10-12(2)6-8-14(16)4/h5-10H,1-4H3. The molecule has 0 aliphatic rings. The van der Waals surface area contributed by atoms with Crippen LogP contribution in [0.3, 0.4) is 0 Å². The number of benzene rings is 2. The molecule has 0 unspecified atom stereocenters. The number of ether oxygens (including phenoxy) is 1. The van der Waals surface area contributed by atoms with E-state index in [4.69, 9.17) is 4.74 Å². The highest BCUT2D eigenvalue weighted by Crippen LogP contribution is 2.29. The molecule has 0 bridgehead atoms. The summed E-state index contributed by atoms with van der Waals surface area (Å²) in [6.07, 6.45) is 0. The van der Waals surface area contributed by atoms with Crippen molar-refractivity contribution in [3.8, 4) is 11.5 Å². The zero-order chi connectivity index (χ0) is 12.4. The summed E-state index contributed by atoms with van der Waals surface area (Å²) in [5, 5.41) is 0. The van der Waals surface area contributed by atoms with Crippen molar-refractivity contribution in [3.63, 3.8) is 0 Å². The highest BCUT2D eigenvalue weighted by Gasteiger charge is 2.04. The van der Waals surface area contributed by atoms with E-state index in [0.717, 1.165) is 22.6 Å². The molecule has 0 aliphatic carbocycles. The molecule has 0 atom stereocenters. The molecule has 2 aromatic rings. The first-order valence-corrected chi connectivity index (χ1v) is 5.88. The van der Waals surface area contributed by atoms with Gasteiger partial charge >= 0.3 is 0 Å². The average Bonchev–Trinajstić information content (AvgIpc) is 2.28. The molecule has 0 radical (unpaired) electrons. The lowest BCUT2D eigenvalue weighted by Gasteiger charge is -2.12. The molecule has 0 N–H and O–H groups in total. The van der Waals surface area contributed by atoms with Gasteiger partial charge in [0.1, 0.15) is 11.5 Å². The van der Waals surface area contributed by atoms with Crippen molar-refractivity contribution >= 4 is 0 Å². The summed E-state index contributed by atoms with van der Waals surface area (Å²) in [6.45, 7) is 8.30. The van der Waals surface area contributed by atoms with Crippen molar-refractivity contribution in [2.24, 2.45) is 0 Å². The molecular formula is C16H18O. The predicted octanol–water partition coefficient (Wildman–Crippen LogP) is 4.71. The molecule has 1 nitrogen and oxygen atoms in total. The summed E-state index contributed by atoms with van der Waals surface area (Å²) in [6, 6.07) is 12.6. The summed E-state index contributed by atoms with van der Waals surface area (Å²) in [5.74, 6) is 1.89. The summed E-state index contributed by atoms with van der Waals surface area (Å²) in [5.41, 5.74) is 4.76. The van der Waals surface area contributed by atoms with E-state index in [2.05, 4.69) is 64.1 Å². The quantitative estimate of drug-likeness (QED) is 0.720. The van der Waals surface area contributed by atoms with Crippen LogP contribution in [0, 0.1) is 27.7 Å². The van der Waals surface area contributed by atoms with E-state index in [9.17, 15) is 0 Å². The molecule has 0 aromatic heterocycles. The Morgan fingerprint density at radius 3 is 1.47 bits per heavy atom.